The maximum atomic E-state index is 12.3. The second kappa shape index (κ2) is 19.7. The first-order valence-electron chi connectivity index (χ1n) is 14.5. The van der Waals surface area contributed by atoms with Gasteiger partial charge in [0.05, 0.1) is 32.1 Å². The Morgan fingerprint density at radius 2 is 1.04 bits per heavy atom. The van der Waals surface area contributed by atoms with Crippen LogP contribution in [0.5, 0.6) is 17.2 Å². The van der Waals surface area contributed by atoms with Crippen molar-refractivity contribution in [2.24, 2.45) is 4.99 Å². The number of nitrogens with zero attached hydrogens (tertiary/aromatic N) is 1. The zero-order valence-corrected chi connectivity index (χ0v) is 25.1. The minimum atomic E-state index is -0.498. The van der Waals surface area contributed by atoms with Gasteiger partial charge in [-0.1, -0.05) is 25.3 Å². The molecule has 0 radical (unpaired) electrons. The molecule has 0 aliphatic carbocycles. The van der Waals surface area contributed by atoms with Crippen LogP contribution in [0.2, 0.25) is 0 Å². The molecule has 3 rings (SSSR count). The van der Waals surface area contributed by atoms with Gasteiger partial charge < -0.3 is 23.7 Å². The Morgan fingerprint density at radius 3 is 1.56 bits per heavy atom. The molecule has 0 amide bonds. The predicted octanol–water partition coefficient (Wildman–Crippen LogP) is 6.83. The molecule has 0 spiro atoms. The van der Waals surface area contributed by atoms with Gasteiger partial charge in [-0.2, -0.15) is 0 Å². The van der Waals surface area contributed by atoms with E-state index in [1.54, 1.807) is 36.6 Å². The van der Waals surface area contributed by atoms with Crippen LogP contribution < -0.4 is 14.2 Å². The smallest absolute Gasteiger partial charge is 0.336 e. The number of hydrogen-bond acceptors (Lipinski definition) is 9. The number of esters is 3. The van der Waals surface area contributed by atoms with Crippen molar-refractivity contribution in [3.63, 3.8) is 0 Å². The third kappa shape index (κ3) is 14.1. The first-order chi connectivity index (χ1) is 21.9. The first kappa shape index (κ1) is 34.1. The first-order valence-corrected chi connectivity index (χ1v) is 14.5. The highest BCUT2D eigenvalue weighted by molar-refractivity contribution is 5.89. The zero-order chi connectivity index (χ0) is 32.1. The summed E-state index contributed by atoms with van der Waals surface area (Å²) >= 11 is 0. The molecule has 9 nitrogen and oxygen atoms in total. The van der Waals surface area contributed by atoms with E-state index in [0.717, 1.165) is 41.9 Å². The second-order valence-corrected chi connectivity index (χ2v) is 9.50. The van der Waals surface area contributed by atoms with Gasteiger partial charge in [0.25, 0.3) is 0 Å². The van der Waals surface area contributed by atoms with Crippen LogP contribution in [0.3, 0.4) is 0 Å². The van der Waals surface area contributed by atoms with Crippen LogP contribution in [0.1, 0.15) is 36.8 Å². The summed E-state index contributed by atoms with van der Waals surface area (Å²) in [5.41, 5.74) is 2.44. The standard InChI is InChI=1S/C36H37NO8/c1-3-34(38)43-25-7-5-23-41-31-16-9-28(10-17-31)13-22-36(40)45-33-20-14-30(15-21-33)37-27-29-11-18-32(19-12-29)42-24-6-8-26-44-35(39)4-2/h3-4,9-22,27H,1-2,5-8,23-26H2/b22-13+,37-27?. The van der Waals surface area contributed by atoms with Crippen molar-refractivity contribution in [2.45, 2.75) is 25.7 Å². The second-order valence-electron chi connectivity index (χ2n) is 9.50. The molecule has 0 N–H and O–H groups in total. The molecular formula is C36H37NO8. The molecule has 3 aromatic rings. The normalized spacial score (nSPS) is 10.8. The Balaban J connectivity index is 1.35. The highest BCUT2D eigenvalue weighted by atomic mass is 16.5. The molecule has 0 fully saturated rings. The van der Waals surface area contributed by atoms with Gasteiger partial charge in [0.15, 0.2) is 0 Å². The lowest BCUT2D eigenvalue weighted by Crippen LogP contribution is -2.04. The van der Waals surface area contributed by atoms with Gasteiger partial charge in [-0.15, -0.1) is 0 Å². The van der Waals surface area contributed by atoms with E-state index in [9.17, 15) is 14.4 Å². The van der Waals surface area contributed by atoms with E-state index >= 15 is 0 Å². The number of aliphatic imine (C=N–C) groups is 1. The lowest BCUT2D eigenvalue weighted by molar-refractivity contribution is -0.138. The van der Waals surface area contributed by atoms with Gasteiger partial charge in [0.2, 0.25) is 0 Å². The summed E-state index contributed by atoms with van der Waals surface area (Å²) in [5.74, 6) is 0.523. The molecule has 0 bridgehead atoms. The Hall–Kier alpha value is -5.44. The Kier molecular flexibility index (Phi) is 14.9. The van der Waals surface area contributed by atoms with Crippen LogP contribution in [0.25, 0.3) is 6.08 Å². The van der Waals surface area contributed by atoms with Gasteiger partial charge >= 0.3 is 17.9 Å². The van der Waals surface area contributed by atoms with Crippen molar-refractivity contribution < 1.29 is 38.1 Å². The lowest BCUT2D eigenvalue weighted by Gasteiger charge is -2.06. The van der Waals surface area contributed by atoms with E-state index in [0.29, 0.717) is 56.5 Å². The molecule has 3 aromatic carbocycles. The molecule has 0 heterocycles. The minimum Gasteiger partial charge on any atom is -0.494 e. The van der Waals surface area contributed by atoms with Crippen LogP contribution >= 0.6 is 0 Å². The van der Waals surface area contributed by atoms with E-state index in [1.807, 2.05) is 48.5 Å². The van der Waals surface area contributed by atoms with Crippen LogP contribution in [0, 0.1) is 0 Å². The van der Waals surface area contributed by atoms with Gasteiger partial charge in [-0.05, 0) is 104 Å². The third-order valence-electron chi connectivity index (χ3n) is 6.03. The van der Waals surface area contributed by atoms with E-state index < -0.39 is 17.9 Å². The molecule has 0 atom stereocenters. The third-order valence-corrected chi connectivity index (χ3v) is 6.03. The number of carbonyl (C=O) groups is 3. The molecule has 45 heavy (non-hydrogen) atoms. The van der Waals surface area contributed by atoms with Crippen molar-refractivity contribution in [3.05, 3.63) is 115 Å². The summed E-state index contributed by atoms with van der Waals surface area (Å²) in [4.78, 5) is 38.7. The maximum Gasteiger partial charge on any atom is 0.336 e. The fourth-order valence-electron chi connectivity index (χ4n) is 3.64. The van der Waals surface area contributed by atoms with Crippen molar-refractivity contribution in [1.29, 1.82) is 0 Å². The molecule has 234 valence electrons. The molecular weight excluding hydrogens is 574 g/mol. The fourth-order valence-corrected chi connectivity index (χ4v) is 3.64. The lowest BCUT2D eigenvalue weighted by atomic mass is 10.2. The fraction of sp³-hybridized carbons (Fsp3) is 0.222. The quantitative estimate of drug-likeness (QED) is 0.0477. The van der Waals surface area contributed by atoms with Crippen molar-refractivity contribution in [3.8, 4) is 17.2 Å². The number of benzene rings is 3. The Labute approximate surface area is 263 Å². The topological polar surface area (TPSA) is 110 Å². The Morgan fingerprint density at radius 1 is 0.578 bits per heavy atom. The van der Waals surface area contributed by atoms with Gasteiger partial charge in [0, 0.05) is 24.4 Å². The van der Waals surface area contributed by atoms with Crippen molar-refractivity contribution in [1.82, 2.24) is 0 Å². The van der Waals surface area contributed by atoms with Gasteiger partial charge in [-0.25, -0.2) is 14.4 Å². The van der Waals surface area contributed by atoms with Gasteiger partial charge in [-0.3, -0.25) is 4.99 Å². The number of unbranched alkanes of at least 4 members (excludes halogenated alkanes) is 2. The SMILES string of the molecule is C=CC(=O)OCCCCOc1ccc(C=Nc2ccc(OC(=O)/C=C/c3ccc(OCCCCOC(=O)C=C)cc3)cc2)cc1. The summed E-state index contributed by atoms with van der Waals surface area (Å²) < 4.78 is 26.6. The number of carbonyl (C=O) groups excluding carboxylic acids is 3. The van der Waals surface area contributed by atoms with Crippen LogP contribution in [0.4, 0.5) is 5.69 Å². The number of ether oxygens (including phenoxy) is 5. The number of rotatable bonds is 19. The van der Waals surface area contributed by atoms with E-state index in [4.69, 9.17) is 23.7 Å². The van der Waals surface area contributed by atoms with E-state index in [2.05, 4.69) is 18.2 Å². The minimum absolute atomic E-state index is 0.334. The largest absolute Gasteiger partial charge is 0.494 e. The molecule has 0 aromatic heterocycles. The summed E-state index contributed by atoms with van der Waals surface area (Å²) in [7, 11) is 0. The number of hydrogen-bond donors (Lipinski definition) is 0. The Bertz CT molecular complexity index is 1440. The molecule has 0 aliphatic heterocycles. The average Bonchev–Trinajstić information content (AvgIpc) is 3.07. The van der Waals surface area contributed by atoms with E-state index in [-0.39, 0.29) is 0 Å². The summed E-state index contributed by atoms with van der Waals surface area (Å²) in [6.07, 6.45) is 9.98. The monoisotopic (exact) mass is 611 g/mol. The van der Waals surface area contributed by atoms with Crippen molar-refractivity contribution >= 4 is 35.9 Å². The van der Waals surface area contributed by atoms with Crippen LogP contribution in [-0.2, 0) is 23.9 Å². The zero-order valence-electron chi connectivity index (χ0n) is 25.1. The molecule has 0 unspecified atom stereocenters. The van der Waals surface area contributed by atoms with E-state index in [1.165, 1.54) is 6.08 Å². The van der Waals surface area contributed by atoms with Crippen molar-refractivity contribution in [2.75, 3.05) is 26.4 Å². The highest BCUT2D eigenvalue weighted by Crippen LogP contribution is 2.20. The molecule has 0 saturated heterocycles. The van der Waals surface area contributed by atoms with Gasteiger partial charge in [0.1, 0.15) is 17.2 Å². The molecule has 0 saturated carbocycles. The predicted molar refractivity (Wildman–Crippen MR) is 173 cm³/mol. The van der Waals surface area contributed by atoms with Crippen LogP contribution in [-0.4, -0.2) is 50.6 Å². The maximum absolute atomic E-state index is 12.3. The van der Waals surface area contributed by atoms with Crippen LogP contribution in [0.15, 0.2) is 109 Å². The average molecular weight is 612 g/mol. The summed E-state index contributed by atoms with van der Waals surface area (Å²) in [6, 6.07) is 21.8. The molecule has 9 heteroatoms. The molecule has 0 aliphatic rings. The highest BCUT2D eigenvalue weighted by Gasteiger charge is 2.02. The summed E-state index contributed by atoms with van der Waals surface area (Å²) in [6.45, 7) is 8.41. The summed E-state index contributed by atoms with van der Waals surface area (Å²) in [5, 5.41) is 0.